The van der Waals surface area contributed by atoms with E-state index in [0.29, 0.717) is 17.5 Å². The fraction of sp³-hybridized carbons (Fsp3) is 0.0351. The van der Waals surface area contributed by atoms with Crippen molar-refractivity contribution in [2.24, 2.45) is 0 Å². The lowest BCUT2D eigenvalue weighted by Gasteiger charge is -2.27. The second-order valence-corrected chi connectivity index (χ2v) is 16.0. The number of hydrogen-bond acceptors (Lipinski definition) is 4. The minimum Gasteiger partial charge on any atom is -0.310 e. The van der Waals surface area contributed by atoms with Crippen LogP contribution in [0, 0.1) is 0 Å². The third-order valence-electron chi connectivity index (χ3n) is 12.2. The van der Waals surface area contributed by atoms with Gasteiger partial charge in [-0.25, -0.2) is 15.0 Å². The fourth-order valence-electron chi connectivity index (χ4n) is 9.30. The third-order valence-corrected chi connectivity index (χ3v) is 12.2. The summed E-state index contributed by atoms with van der Waals surface area (Å²) in [6.07, 6.45) is 6.71. The largest absolute Gasteiger partial charge is 0.310 e. The van der Waals surface area contributed by atoms with Gasteiger partial charge in [-0.05, 0) is 112 Å². The van der Waals surface area contributed by atoms with E-state index in [1.54, 1.807) is 0 Å². The zero-order valence-corrected chi connectivity index (χ0v) is 33.9. The molecule has 0 bridgehead atoms. The summed E-state index contributed by atoms with van der Waals surface area (Å²) in [5, 5.41) is 6.87. The molecule has 0 unspecified atom stereocenters. The summed E-state index contributed by atoms with van der Waals surface area (Å²) >= 11 is 0. The molecular formula is C57H39N5. The van der Waals surface area contributed by atoms with Gasteiger partial charge < -0.3 is 9.47 Å². The van der Waals surface area contributed by atoms with Crippen molar-refractivity contribution in [1.29, 1.82) is 0 Å². The van der Waals surface area contributed by atoms with Crippen LogP contribution in [0.4, 0.5) is 17.1 Å². The summed E-state index contributed by atoms with van der Waals surface area (Å²) in [5.74, 6) is 1.90. The average molecular weight is 794 g/mol. The van der Waals surface area contributed by atoms with E-state index in [4.69, 9.17) is 15.0 Å². The summed E-state index contributed by atoms with van der Waals surface area (Å²) in [4.78, 5) is 18.1. The Balaban J connectivity index is 1.13. The zero-order valence-electron chi connectivity index (χ0n) is 33.9. The van der Waals surface area contributed by atoms with Crippen molar-refractivity contribution in [2.45, 2.75) is 12.8 Å². The molecule has 9 aromatic carbocycles. The monoisotopic (exact) mass is 793 g/mol. The number of benzene rings is 9. The smallest absolute Gasteiger partial charge is 0.164 e. The number of nitrogens with zero attached hydrogens (tertiary/aromatic N) is 5. The van der Waals surface area contributed by atoms with Crippen LogP contribution < -0.4 is 4.90 Å². The Morgan fingerprint density at radius 2 is 1.10 bits per heavy atom. The van der Waals surface area contributed by atoms with Crippen LogP contribution in [0.1, 0.15) is 17.5 Å². The molecular weight excluding hydrogens is 755 g/mol. The second kappa shape index (κ2) is 14.8. The first-order valence-electron chi connectivity index (χ1n) is 21.2. The van der Waals surface area contributed by atoms with Crippen LogP contribution in [0.5, 0.6) is 0 Å². The molecule has 2 aromatic heterocycles. The fourth-order valence-corrected chi connectivity index (χ4v) is 9.30. The Morgan fingerprint density at radius 1 is 0.435 bits per heavy atom. The number of hydrogen-bond donors (Lipinski definition) is 0. The predicted octanol–water partition coefficient (Wildman–Crippen LogP) is 14.7. The van der Waals surface area contributed by atoms with Crippen molar-refractivity contribution in [3.63, 3.8) is 0 Å². The molecule has 0 saturated carbocycles. The zero-order chi connectivity index (χ0) is 41.0. The van der Waals surface area contributed by atoms with E-state index in [-0.39, 0.29) is 0 Å². The van der Waals surface area contributed by atoms with Gasteiger partial charge >= 0.3 is 0 Å². The lowest BCUT2D eigenvalue weighted by atomic mass is 9.96. The number of para-hydroxylation sites is 2. The number of aryl methyl sites for hydroxylation is 1. The van der Waals surface area contributed by atoms with Gasteiger partial charge in [-0.2, -0.15) is 0 Å². The Hall–Kier alpha value is -8.15. The average Bonchev–Trinajstić information content (AvgIpc) is 3.68. The van der Waals surface area contributed by atoms with Crippen LogP contribution in [0.3, 0.4) is 0 Å². The first-order valence-corrected chi connectivity index (χ1v) is 21.2. The molecule has 0 fully saturated rings. The number of aromatic nitrogens is 4. The summed E-state index contributed by atoms with van der Waals surface area (Å²) in [5.41, 5.74) is 12.1. The van der Waals surface area contributed by atoms with E-state index < -0.39 is 0 Å². The van der Waals surface area contributed by atoms with Crippen molar-refractivity contribution in [3.8, 4) is 39.9 Å². The van der Waals surface area contributed by atoms with Gasteiger partial charge in [0.15, 0.2) is 17.5 Å². The van der Waals surface area contributed by atoms with Crippen molar-refractivity contribution >= 4 is 66.5 Å². The Bertz CT molecular complexity index is 3520. The maximum absolute atomic E-state index is 5.31. The Morgan fingerprint density at radius 3 is 1.92 bits per heavy atom. The molecule has 1 aliphatic carbocycles. The van der Waals surface area contributed by atoms with E-state index in [0.717, 1.165) is 79.5 Å². The third kappa shape index (κ3) is 6.13. The summed E-state index contributed by atoms with van der Waals surface area (Å²) < 4.78 is 2.39. The standard InChI is InChI=1S/C57H39N5/c1-4-18-40(19-5-1)55-58-56(43-29-28-38-16-10-12-20-41(38)34-43)60-57(59-55)50-37-53-54(49-27-15-14-26-48(49)50)51-36-47(32-33-52(51)62(53)45-24-8-3-9-25-45)61(44-22-6-2-7-23-44)46-31-30-39-17-11-13-21-42(39)35-46/h1-10,12-16,18-37H,11,17H2. The second-order valence-electron chi connectivity index (χ2n) is 16.0. The lowest BCUT2D eigenvalue weighted by Crippen LogP contribution is -2.10. The first kappa shape index (κ1) is 35.8. The molecule has 0 aliphatic heterocycles. The summed E-state index contributed by atoms with van der Waals surface area (Å²) in [7, 11) is 0. The van der Waals surface area contributed by atoms with E-state index in [1.807, 2.05) is 18.2 Å². The summed E-state index contributed by atoms with van der Waals surface area (Å²) in [6.45, 7) is 0. The SMILES string of the molecule is C1=Cc2cc(N(c3ccccc3)c3ccc4c(c3)c3c5ccccc5c(-c5nc(-c6ccccc6)nc(-c6ccc7ccccc7c6)n5)cc3n4-c3ccccc3)ccc2CC1. The van der Waals surface area contributed by atoms with E-state index in [9.17, 15) is 0 Å². The topological polar surface area (TPSA) is 46.8 Å². The minimum atomic E-state index is 0.627. The molecule has 0 atom stereocenters. The van der Waals surface area contributed by atoms with Gasteiger partial charge in [0, 0.05) is 50.2 Å². The van der Waals surface area contributed by atoms with Gasteiger partial charge in [-0.15, -0.1) is 0 Å². The maximum Gasteiger partial charge on any atom is 0.164 e. The molecule has 12 rings (SSSR count). The van der Waals surface area contributed by atoms with Crippen LogP contribution in [0.2, 0.25) is 0 Å². The molecule has 0 spiro atoms. The Kier molecular flexibility index (Phi) is 8.56. The minimum absolute atomic E-state index is 0.627. The van der Waals surface area contributed by atoms with Gasteiger partial charge in [-0.1, -0.05) is 146 Å². The quantitative estimate of drug-likeness (QED) is 0.161. The molecule has 0 radical (unpaired) electrons. The van der Waals surface area contributed by atoms with Gasteiger partial charge in [0.25, 0.3) is 0 Å². The molecule has 0 N–H and O–H groups in total. The van der Waals surface area contributed by atoms with E-state index >= 15 is 0 Å². The normalized spacial score (nSPS) is 12.3. The molecule has 5 heteroatoms. The number of rotatable bonds is 7. The molecule has 0 amide bonds. The highest BCUT2D eigenvalue weighted by Gasteiger charge is 2.23. The van der Waals surface area contributed by atoms with Crippen molar-refractivity contribution < 1.29 is 0 Å². The summed E-state index contributed by atoms with van der Waals surface area (Å²) in [6, 6.07) is 71.3. The van der Waals surface area contributed by atoms with Crippen molar-refractivity contribution in [2.75, 3.05) is 4.90 Å². The van der Waals surface area contributed by atoms with Crippen LogP contribution in [0.15, 0.2) is 206 Å². The van der Waals surface area contributed by atoms with Gasteiger partial charge in [0.05, 0.1) is 11.0 Å². The molecule has 62 heavy (non-hydrogen) atoms. The van der Waals surface area contributed by atoms with Crippen LogP contribution in [-0.4, -0.2) is 19.5 Å². The molecule has 2 heterocycles. The van der Waals surface area contributed by atoms with E-state index in [1.165, 1.54) is 27.3 Å². The number of anilines is 3. The van der Waals surface area contributed by atoms with Crippen LogP contribution in [0.25, 0.3) is 89.3 Å². The van der Waals surface area contributed by atoms with Crippen LogP contribution in [-0.2, 0) is 6.42 Å². The first-order chi connectivity index (χ1) is 30.7. The van der Waals surface area contributed by atoms with Crippen molar-refractivity contribution in [1.82, 2.24) is 19.5 Å². The molecule has 11 aromatic rings. The molecule has 0 saturated heterocycles. The van der Waals surface area contributed by atoms with Gasteiger partial charge in [0.1, 0.15) is 0 Å². The highest BCUT2D eigenvalue weighted by atomic mass is 15.1. The predicted molar refractivity (Wildman–Crippen MR) is 258 cm³/mol. The Labute approximate surface area is 359 Å². The van der Waals surface area contributed by atoms with E-state index in [2.05, 4.69) is 204 Å². The van der Waals surface area contributed by atoms with Gasteiger partial charge in [-0.3, -0.25) is 0 Å². The highest BCUT2D eigenvalue weighted by Crippen LogP contribution is 2.44. The van der Waals surface area contributed by atoms with Crippen LogP contribution >= 0.6 is 0 Å². The molecule has 1 aliphatic rings. The maximum atomic E-state index is 5.31. The molecule has 5 nitrogen and oxygen atoms in total. The lowest BCUT2D eigenvalue weighted by molar-refractivity contribution is 0.985. The molecule has 292 valence electrons. The van der Waals surface area contributed by atoms with Gasteiger partial charge in [0.2, 0.25) is 0 Å². The highest BCUT2D eigenvalue weighted by molar-refractivity contribution is 6.24. The van der Waals surface area contributed by atoms with Crippen molar-refractivity contribution in [3.05, 3.63) is 217 Å². The number of allylic oxidation sites excluding steroid dienone is 1. The number of fused-ring (bicyclic) bond motifs is 7.